The van der Waals surface area contributed by atoms with E-state index in [0.29, 0.717) is 0 Å². The highest BCUT2D eigenvalue weighted by molar-refractivity contribution is 4.55. The van der Waals surface area contributed by atoms with Crippen molar-refractivity contribution in [2.75, 3.05) is 13.6 Å². The summed E-state index contributed by atoms with van der Waals surface area (Å²) in [6, 6.07) is 0. The van der Waals surface area contributed by atoms with E-state index in [4.69, 9.17) is 0 Å². The summed E-state index contributed by atoms with van der Waals surface area (Å²) in [5.74, 6) is 0. The van der Waals surface area contributed by atoms with Crippen molar-refractivity contribution in [1.82, 2.24) is 4.90 Å². The zero-order valence-electron chi connectivity index (χ0n) is 6.15. The Bertz CT molecular complexity index is 43.7. The minimum atomic E-state index is 1.20. The van der Waals surface area contributed by atoms with Crippen LogP contribution in [0.4, 0.5) is 0 Å². The highest BCUT2D eigenvalue weighted by Gasteiger charge is 1.81. The van der Waals surface area contributed by atoms with Gasteiger partial charge in [0.25, 0.3) is 0 Å². The highest BCUT2D eigenvalue weighted by Crippen LogP contribution is 1.91. The Labute approximate surface area is 52.7 Å². The summed E-state index contributed by atoms with van der Waals surface area (Å²) in [5, 5.41) is 0. The van der Waals surface area contributed by atoms with Gasteiger partial charge < -0.3 is 4.90 Å². The number of unbranched alkanes of at least 4 members (excludes halogenated alkanes) is 1. The van der Waals surface area contributed by atoms with Gasteiger partial charge in [0.05, 0.1) is 0 Å². The van der Waals surface area contributed by atoms with Crippen molar-refractivity contribution < 1.29 is 0 Å². The molecule has 1 nitrogen and oxygen atoms in total. The van der Waals surface area contributed by atoms with Crippen LogP contribution in [0.15, 0.2) is 0 Å². The van der Waals surface area contributed by atoms with Crippen LogP contribution < -0.4 is 0 Å². The van der Waals surface area contributed by atoms with Gasteiger partial charge in [-0.15, -0.1) is 0 Å². The first-order valence-electron chi connectivity index (χ1n) is 3.31. The molecule has 0 bridgehead atoms. The Balaban J connectivity index is 2.86. The largest absolute Gasteiger partial charge is 0.459 e. The first-order chi connectivity index (χ1) is 3.81. The molecular formula is C7H16N-. The Morgan fingerprint density at radius 2 is 2.12 bits per heavy atom. The summed E-state index contributed by atoms with van der Waals surface area (Å²) in [6.45, 7) is 7.59. The maximum atomic E-state index is 2.21. The standard InChI is InChI=1S/C7H16N/c1-4-6-7-8(3)5-2/h5H,4,6-7H2,1-3H3/q-1. The van der Waals surface area contributed by atoms with Gasteiger partial charge in [0, 0.05) is 0 Å². The van der Waals surface area contributed by atoms with E-state index in [0.717, 1.165) is 0 Å². The number of nitrogens with zero attached hydrogens (tertiary/aromatic N) is 1. The summed E-state index contributed by atoms with van der Waals surface area (Å²) in [6.07, 6.45) is 2.60. The first kappa shape index (κ1) is 7.96. The number of hydrogen-bond donors (Lipinski definition) is 0. The predicted octanol–water partition coefficient (Wildman–Crippen LogP) is 1.90. The van der Waals surface area contributed by atoms with Crippen LogP contribution in [0.2, 0.25) is 0 Å². The Hall–Kier alpha value is -0.0400. The minimum Gasteiger partial charge on any atom is -0.459 e. The molecule has 0 N–H and O–H groups in total. The molecule has 0 heterocycles. The molecule has 0 aromatic rings. The molecule has 0 amide bonds. The van der Waals surface area contributed by atoms with Gasteiger partial charge in [0.2, 0.25) is 0 Å². The average molecular weight is 114 g/mol. The van der Waals surface area contributed by atoms with Gasteiger partial charge in [0.15, 0.2) is 0 Å². The van der Waals surface area contributed by atoms with Gasteiger partial charge in [-0.2, -0.15) is 6.92 Å². The Morgan fingerprint density at radius 3 is 2.50 bits per heavy atom. The van der Waals surface area contributed by atoms with Gasteiger partial charge in [-0.1, -0.05) is 13.3 Å². The third-order valence-electron chi connectivity index (χ3n) is 1.31. The van der Waals surface area contributed by atoms with Crippen molar-refractivity contribution in [1.29, 1.82) is 0 Å². The quantitative estimate of drug-likeness (QED) is 0.504. The van der Waals surface area contributed by atoms with Gasteiger partial charge in [-0.3, -0.25) is 6.54 Å². The zero-order chi connectivity index (χ0) is 6.41. The molecule has 8 heavy (non-hydrogen) atoms. The van der Waals surface area contributed by atoms with Crippen molar-refractivity contribution in [2.24, 2.45) is 0 Å². The van der Waals surface area contributed by atoms with Crippen LogP contribution in [-0.4, -0.2) is 18.5 Å². The molecule has 1 heteroatoms. The second-order valence-corrected chi connectivity index (χ2v) is 2.09. The second kappa shape index (κ2) is 5.10. The zero-order valence-corrected chi connectivity index (χ0v) is 6.15. The fourth-order valence-electron chi connectivity index (χ4n) is 0.537. The van der Waals surface area contributed by atoms with Crippen molar-refractivity contribution in [3.05, 3.63) is 6.54 Å². The van der Waals surface area contributed by atoms with Gasteiger partial charge in [-0.25, -0.2) is 0 Å². The van der Waals surface area contributed by atoms with Gasteiger partial charge in [-0.05, 0) is 20.0 Å². The van der Waals surface area contributed by atoms with Crippen LogP contribution in [0.5, 0.6) is 0 Å². The monoisotopic (exact) mass is 114 g/mol. The molecule has 0 aromatic heterocycles. The van der Waals surface area contributed by atoms with E-state index in [2.05, 4.69) is 32.3 Å². The summed E-state index contributed by atoms with van der Waals surface area (Å²) in [5.41, 5.74) is 0. The number of rotatable bonds is 4. The minimum absolute atomic E-state index is 1.20. The summed E-state index contributed by atoms with van der Waals surface area (Å²) < 4.78 is 0. The van der Waals surface area contributed by atoms with Crippen molar-refractivity contribution in [2.45, 2.75) is 26.7 Å². The van der Waals surface area contributed by atoms with E-state index in [1.54, 1.807) is 0 Å². The maximum Gasteiger partial charge on any atom is -0.0304 e. The molecule has 0 aliphatic heterocycles. The number of hydrogen-bond acceptors (Lipinski definition) is 1. The molecule has 0 rings (SSSR count). The molecule has 0 radical (unpaired) electrons. The molecule has 0 unspecified atom stereocenters. The highest BCUT2D eigenvalue weighted by atomic mass is 15.1. The lowest BCUT2D eigenvalue weighted by molar-refractivity contribution is 0.399. The topological polar surface area (TPSA) is 3.24 Å². The average Bonchev–Trinajstić information content (AvgIpc) is 1.83. The summed E-state index contributed by atoms with van der Waals surface area (Å²) in [4.78, 5) is 2.21. The molecule has 0 fully saturated rings. The molecule has 0 spiro atoms. The van der Waals surface area contributed by atoms with E-state index in [1.807, 2.05) is 0 Å². The summed E-state index contributed by atoms with van der Waals surface area (Å²) in [7, 11) is 2.11. The van der Waals surface area contributed by atoms with Crippen LogP contribution in [0.3, 0.4) is 0 Å². The summed E-state index contributed by atoms with van der Waals surface area (Å²) >= 11 is 0. The van der Waals surface area contributed by atoms with E-state index in [9.17, 15) is 0 Å². The molecular weight excluding hydrogens is 98.1 g/mol. The van der Waals surface area contributed by atoms with E-state index >= 15 is 0 Å². The van der Waals surface area contributed by atoms with E-state index in [-0.39, 0.29) is 0 Å². The third kappa shape index (κ3) is 4.13. The fourth-order valence-corrected chi connectivity index (χ4v) is 0.537. The van der Waals surface area contributed by atoms with Crippen molar-refractivity contribution in [3.63, 3.8) is 0 Å². The van der Waals surface area contributed by atoms with Crippen LogP contribution in [-0.2, 0) is 0 Å². The lowest BCUT2D eigenvalue weighted by Crippen LogP contribution is -2.13. The normalized spacial score (nSPS) is 10.5. The predicted molar refractivity (Wildman–Crippen MR) is 37.5 cm³/mol. The Kier molecular flexibility index (Phi) is 5.08. The van der Waals surface area contributed by atoms with Crippen LogP contribution in [0, 0.1) is 6.54 Å². The maximum absolute atomic E-state index is 2.21. The molecule has 0 atom stereocenters. The van der Waals surface area contributed by atoms with E-state index in [1.165, 1.54) is 19.4 Å². The lowest BCUT2D eigenvalue weighted by atomic mass is 10.3. The van der Waals surface area contributed by atoms with Crippen LogP contribution >= 0.6 is 0 Å². The fraction of sp³-hybridized carbons (Fsp3) is 0.857. The van der Waals surface area contributed by atoms with Gasteiger partial charge >= 0.3 is 0 Å². The molecule has 0 saturated carbocycles. The first-order valence-corrected chi connectivity index (χ1v) is 3.31. The molecule has 0 saturated heterocycles. The van der Waals surface area contributed by atoms with E-state index < -0.39 is 0 Å². The second-order valence-electron chi connectivity index (χ2n) is 2.09. The Morgan fingerprint density at radius 1 is 1.50 bits per heavy atom. The van der Waals surface area contributed by atoms with Crippen molar-refractivity contribution >= 4 is 0 Å². The molecule has 0 aliphatic rings. The van der Waals surface area contributed by atoms with Gasteiger partial charge in [0.1, 0.15) is 0 Å². The van der Waals surface area contributed by atoms with Crippen molar-refractivity contribution in [3.8, 4) is 0 Å². The van der Waals surface area contributed by atoms with Crippen LogP contribution in [0.25, 0.3) is 0 Å². The third-order valence-corrected chi connectivity index (χ3v) is 1.31. The lowest BCUT2D eigenvalue weighted by Gasteiger charge is -2.23. The molecule has 0 aromatic carbocycles. The molecule has 0 aliphatic carbocycles. The SMILES string of the molecule is C[CH-]N(C)CCCC. The molecule has 50 valence electrons. The smallest absolute Gasteiger partial charge is 0.0304 e. The van der Waals surface area contributed by atoms with Crippen LogP contribution in [0.1, 0.15) is 26.7 Å².